The monoisotopic (exact) mass is 281 g/mol. The maximum Gasteiger partial charge on any atom is 0.281 e. The van der Waals surface area contributed by atoms with Crippen molar-refractivity contribution in [3.05, 3.63) is 35.5 Å². The average Bonchev–Trinajstić information content (AvgIpc) is 2.77. The maximum atomic E-state index is 13.4. The van der Waals surface area contributed by atoms with E-state index in [-0.39, 0.29) is 11.9 Å². The zero-order valence-corrected chi connectivity index (χ0v) is 11.9. The summed E-state index contributed by atoms with van der Waals surface area (Å²) in [4.78, 5) is 0.915. The Labute approximate surface area is 115 Å². The molecule has 0 amide bonds. The van der Waals surface area contributed by atoms with Gasteiger partial charge in [0.2, 0.25) is 5.89 Å². The van der Waals surface area contributed by atoms with Crippen LogP contribution in [-0.2, 0) is 0 Å². The van der Waals surface area contributed by atoms with E-state index in [0.29, 0.717) is 11.1 Å². The van der Waals surface area contributed by atoms with Crippen molar-refractivity contribution in [2.24, 2.45) is 0 Å². The van der Waals surface area contributed by atoms with Gasteiger partial charge in [0.1, 0.15) is 5.82 Å². The molecular formula is C13H16FN3OS. The molecule has 0 bridgehead atoms. The molecule has 6 heteroatoms. The van der Waals surface area contributed by atoms with Crippen LogP contribution in [0.4, 0.5) is 4.39 Å². The number of aryl methyl sites for hydroxylation is 1. The SMILES string of the molecule is CCNC(C)c1cc(F)ccc1Sc1nnc(C)o1. The van der Waals surface area contributed by atoms with Gasteiger partial charge in [0, 0.05) is 17.9 Å². The fourth-order valence-corrected chi connectivity index (χ4v) is 2.70. The average molecular weight is 281 g/mol. The molecule has 0 radical (unpaired) electrons. The molecule has 1 N–H and O–H groups in total. The molecule has 0 saturated carbocycles. The molecule has 0 aliphatic heterocycles. The number of benzene rings is 1. The third-order valence-corrected chi connectivity index (χ3v) is 3.58. The molecule has 19 heavy (non-hydrogen) atoms. The first-order chi connectivity index (χ1) is 9.10. The number of rotatable bonds is 5. The summed E-state index contributed by atoms with van der Waals surface area (Å²) in [5.41, 5.74) is 0.891. The second-order valence-electron chi connectivity index (χ2n) is 4.15. The molecule has 1 unspecified atom stereocenters. The molecule has 1 aromatic heterocycles. The highest BCUT2D eigenvalue weighted by molar-refractivity contribution is 7.99. The molecule has 2 rings (SSSR count). The van der Waals surface area contributed by atoms with Gasteiger partial charge in [-0.15, -0.1) is 10.2 Å². The van der Waals surface area contributed by atoms with Crippen molar-refractivity contribution in [1.29, 1.82) is 0 Å². The van der Waals surface area contributed by atoms with Crippen LogP contribution >= 0.6 is 11.8 Å². The van der Waals surface area contributed by atoms with Gasteiger partial charge in [-0.3, -0.25) is 0 Å². The number of hydrogen-bond donors (Lipinski definition) is 1. The van der Waals surface area contributed by atoms with E-state index in [1.165, 1.54) is 17.8 Å². The number of nitrogens with one attached hydrogen (secondary N) is 1. The normalized spacial score (nSPS) is 12.6. The van der Waals surface area contributed by atoms with Gasteiger partial charge in [0.05, 0.1) is 0 Å². The van der Waals surface area contributed by atoms with Crippen molar-refractivity contribution in [3.8, 4) is 0 Å². The van der Waals surface area contributed by atoms with E-state index in [0.717, 1.165) is 17.0 Å². The molecule has 0 fully saturated rings. The van der Waals surface area contributed by atoms with Crippen LogP contribution in [0.2, 0.25) is 0 Å². The fourth-order valence-electron chi connectivity index (χ4n) is 1.78. The molecule has 102 valence electrons. The second kappa shape index (κ2) is 6.16. The summed E-state index contributed by atoms with van der Waals surface area (Å²) in [5, 5.41) is 11.5. The zero-order valence-electron chi connectivity index (χ0n) is 11.1. The summed E-state index contributed by atoms with van der Waals surface area (Å²) in [6.07, 6.45) is 0. The Hall–Kier alpha value is -1.40. The highest BCUT2D eigenvalue weighted by Crippen LogP contribution is 2.33. The van der Waals surface area contributed by atoms with Crippen molar-refractivity contribution in [2.45, 2.75) is 36.9 Å². The van der Waals surface area contributed by atoms with Crippen molar-refractivity contribution in [3.63, 3.8) is 0 Å². The van der Waals surface area contributed by atoms with E-state index < -0.39 is 0 Å². The lowest BCUT2D eigenvalue weighted by molar-refractivity contribution is 0.429. The van der Waals surface area contributed by atoms with Crippen LogP contribution in [0.5, 0.6) is 0 Å². The molecule has 1 atom stereocenters. The highest BCUT2D eigenvalue weighted by atomic mass is 32.2. The van der Waals surface area contributed by atoms with Crippen LogP contribution < -0.4 is 5.32 Å². The van der Waals surface area contributed by atoms with E-state index in [4.69, 9.17) is 4.42 Å². The first kappa shape index (κ1) is 14.0. The smallest absolute Gasteiger partial charge is 0.281 e. The summed E-state index contributed by atoms with van der Waals surface area (Å²) >= 11 is 1.35. The van der Waals surface area contributed by atoms with E-state index in [9.17, 15) is 4.39 Å². The molecule has 1 heterocycles. The van der Waals surface area contributed by atoms with Crippen molar-refractivity contribution >= 4 is 11.8 Å². The van der Waals surface area contributed by atoms with Gasteiger partial charge in [-0.05, 0) is 49.0 Å². The standard InChI is InChI=1S/C13H16FN3OS/c1-4-15-8(2)11-7-10(14)5-6-12(11)19-13-17-16-9(3)18-13/h5-8,15H,4H2,1-3H3. The minimum Gasteiger partial charge on any atom is -0.416 e. The number of aromatic nitrogens is 2. The number of halogens is 1. The molecule has 2 aromatic rings. The van der Waals surface area contributed by atoms with Gasteiger partial charge in [-0.1, -0.05) is 6.92 Å². The number of nitrogens with zero attached hydrogens (tertiary/aromatic N) is 2. The quantitative estimate of drug-likeness (QED) is 0.911. The van der Waals surface area contributed by atoms with Gasteiger partial charge in [0.25, 0.3) is 5.22 Å². The van der Waals surface area contributed by atoms with Crippen molar-refractivity contribution in [1.82, 2.24) is 15.5 Å². The minimum atomic E-state index is -0.245. The highest BCUT2D eigenvalue weighted by Gasteiger charge is 2.14. The van der Waals surface area contributed by atoms with Gasteiger partial charge in [-0.25, -0.2) is 4.39 Å². The fraction of sp³-hybridized carbons (Fsp3) is 0.385. The third kappa shape index (κ3) is 3.54. The summed E-state index contributed by atoms with van der Waals surface area (Å²) in [6.45, 7) is 6.58. The Morgan fingerprint density at radius 2 is 2.21 bits per heavy atom. The minimum absolute atomic E-state index is 0.0622. The lowest BCUT2D eigenvalue weighted by atomic mass is 10.1. The van der Waals surface area contributed by atoms with Gasteiger partial charge < -0.3 is 9.73 Å². The molecule has 0 aliphatic carbocycles. The van der Waals surface area contributed by atoms with Crippen LogP contribution in [0.1, 0.15) is 31.3 Å². The van der Waals surface area contributed by atoms with E-state index in [1.54, 1.807) is 19.1 Å². The summed E-state index contributed by atoms with van der Waals surface area (Å²) in [5.74, 6) is 0.275. The summed E-state index contributed by atoms with van der Waals surface area (Å²) in [6, 6.07) is 4.78. The lowest BCUT2D eigenvalue weighted by Crippen LogP contribution is -2.18. The van der Waals surface area contributed by atoms with E-state index in [1.807, 2.05) is 13.8 Å². The Kier molecular flexibility index (Phi) is 4.55. The Bertz CT molecular complexity index is 559. The van der Waals surface area contributed by atoms with Crippen LogP contribution in [0, 0.1) is 12.7 Å². The van der Waals surface area contributed by atoms with Gasteiger partial charge in [-0.2, -0.15) is 0 Å². The molecule has 0 spiro atoms. The lowest BCUT2D eigenvalue weighted by Gasteiger charge is -2.16. The second-order valence-corrected chi connectivity index (χ2v) is 5.14. The predicted octanol–water partition coefficient (Wildman–Crippen LogP) is 3.34. The van der Waals surface area contributed by atoms with Gasteiger partial charge >= 0.3 is 0 Å². The Balaban J connectivity index is 2.28. The van der Waals surface area contributed by atoms with Gasteiger partial charge in [0.15, 0.2) is 0 Å². The van der Waals surface area contributed by atoms with Crippen molar-refractivity contribution < 1.29 is 8.81 Å². The van der Waals surface area contributed by atoms with Crippen LogP contribution in [0.25, 0.3) is 0 Å². The largest absolute Gasteiger partial charge is 0.416 e. The van der Waals surface area contributed by atoms with E-state index in [2.05, 4.69) is 15.5 Å². The van der Waals surface area contributed by atoms with Crippen LogP contribution in [0.3, 0.4) is 0 Å². The number of hydrogen-bond acceptors (Lipinski definition) is 5. The molecule has 4 nitrogen and oxygen atoms in total. The van der Waals surface area contributed by atoms with E-state index >= 15 is 0 Å². The summed E-state index contributed by atoms with van der Waals surface area (Å²) < 4.78 is 18.7. The first-order valence-corrected chi connectivity index (χ1v) is 6.92. The molecular weight excluding hydrogens is 265 g/mol. The predicted molar refractivity (Wildman–Crippen MR) is 71.6 cm³/mol. The summed E-state index contributed by atoms with van der Waals surface area (Å²) in [7, 11) is 0. The Morgan fingerprint density at radius 3 is 2.84 bits per heavy atom. The zero-order chi connectivity index (χ0) is 13.8. The molecule has 1 aromatic carbocycles. The van der Waals surface area contributed by atoms with Crippen molar-refractivity contribution in [2.75, 3.05) is 6.54 Å². The van der Waals surface area contributed by atoms with Crippen LogP contribution in [0.15, 0.2) is 32.7 Å². The Morgan fingerprint density at radius 1 is 1.42 bits per heavy atom. The first-order valence-electron chi connectivity index (χ1n) is 6.11. The topological polar surface area (TPSA) is 51.0 Å². The molecule has 0 aliphatic rings. The maximum absolute atomic E-state index is 13.4. The molecule has 0 saturated heterocycles. The van der Waals surface area contributed by atoms with Crippen LogP contribution in [-0.4, -0.2) is 16.7 Å². The third-order valence-electron chi connectivity index (χ3n) is 2.65.